The molecule has 1 atom stereocenters. The first-order chi connectivity index (χ1) is 7.74. The summed E-state index contributed by atoms with van der Waals surface area (Å²) in [5.74, 6) is 0.686. The molecule has 0 aromatic carbocycles. The maximum Gasteiger partial charge on any atom is 0.361 e. The van der Waals surface area contributed by atoms with Crippen LogP contribution in [-0.2, 0) is 9.53 Å². The van der Waals surface area contributed by atoms with Gasteiger partial charge >= 0.3 is 5.97 Å². The van der Waals surface area contributed by atoms with Crippen LogP contribution >= 0.6 is 0 Å². The molecule has 0 saturated carbocycles. The molecule has 0 aromatic rings. The Hall–Kier alpha value is -0.540. The second-order valence-electron chi connectivity index (χ2n) is 5.91. The first kappa shape index (κ1) is 19.8. The average molecular weight is 278 g/mol. The number of methoxy groups -OCH3 is 1. The summed E-state index contributed by atoms with van der Waals surface area (Å²) < 4.78 is 5.09. The molecule has 0 radical (unpaired) electrons. The van der Waals surface area contributed by atoms with Crippen LogP contribution in [0.3, 0.4) is 0 Å². The molecule has 0 spiro atoms. The molecule has 4 heteroatoms. The number of rotatable bonds is 2. The van der Waals surface area contributed by atoms with Crippen LogP contribution in [0, 0.1) is 5.92 Å². The van der Waals surface area contributed by atoms with Crippen molar-refractivity contribution in [2.75, 3.05) is 34.8 Å². The minimum Gasteiger partial charge on any atom is -1.00 e. The SMILES string of the molecule is CC1=CC(C)CCC1.COC(=O)C[N+](C)(C)C.[Cl-]. The van der Waals surface area contributed by atoms with Gasteiger partial charge in [0.2, 0.25) is 0 Å². The van der Waals surface area contributed by atoms with E-state index in [1.807, 2.05) is 21.1 Å². The number of nitrogens with zero attached hydrogens (tertiary/aromatic N) is 1. The molecule has 0 aromatic heterocycles. The van der Waals surface area contributed by atoms with Gasteiger partial charge in [-0.15, -0.1) is 0 Å². The summed E-state index contributed by atoms with van der Waals surface area (Å²) in [6, 6.07) is 0. The lowest BCUT2D eigenvalue weighted by Crippen LogP contribution is -3.00. The Labute approximate surface area is 118 Å². The molecule has 0 saturated heterocycles. The van der Waals surface area contributed by atoms with Crippen molar-refractivity contribution in [3.05, 3.63) is 11.6 Å². The molecule has 0 aliphatic heterocycles. The topological polar surface area (TPSA) is 26.3 Å². The third-order valence-corrected chi connectivity index (χ3v) is 2.63. The van der Waals surface area contributed by atoms with Crippen molar-refractivity contribution in [1.29, 1.82) is 0 Å². The van der Waals surface area contributed by atoms with Crippen LogP contribution in [-0.4, -0.2) is 45.2 Å². The number of hydrogen-bond donors (Lipinski definition) is 0. The summed E-state index contributed by atoms with van der Waals surface area (Å²) in [6.07, 6.45) is 6.54. The van der Waals surface area contributed by atoms with E-state index in [4.69, 9.17) is 0 Å². The number of ether oxygens (including phenoxy) is 1. The van der Waals surface area contributed by atoms with E-state index in [1.54, 1.807) is 5.57 Å². The molecule has 1 unspecified atom stereocenters. The first-order valence-electron chi connectivity index (χ1n) is 6.29. The predicted molar refractivity (Wildman–Crippen MR) is 71.7 cm³/mol. The van der Waals surface area contributed by atoms with Gasteiger partial charge in [0.05, 0.1) is 28.3 Å². The number of quaternary nitrogens is 1. The zero-order valence-electron chi connectivity index (χ0n) is 12.6. The fourth-order valence-corrected chi connectivity index (χ4v) is 1.81. The number of allylic oxidation sites excluding steroid dienone is 2. The summed E-state index contributed by atoms with van der Waals surface area (Å²) >= 11 is 0. The highest BCUT2D eigenvalue weighted by Crippen LogP contribution is 2.21. The number of carbonyl (C=O) groups is 1. The van der Waals surface area contributed by atoms with Gasteiger partial charge in [0, 0.05) is 0 Å². The highest BCUT2D eigenvalue weighted by Gasteiger charge is 2.13. The first-order valence-corrected chi connectivity index (χ1v) is 6.29. The Morgan fingerprint density at radius 3 is 2.22 bits per heavy atom. The number of carbonyl (C=O) groups excluding carboxylic acids is 1. The van der Waals surface area contributed by atoms with Gasteiger partial charge in [-0.2, -0.15) is 0 Å². The van der Waals surface area contributed by atoms with E-state index in [9.17, 15) is 4.79 Å². The zero-order valence-corrected chi connectivity index (χ0v) is 13.4. The highest BCUT2D eigenvalue weighted by molar-refractivity contribution is 5.70. The van der Waals surface area contributed by atoms with Crippen molar-refractivity contribution in [2.45, 2.75) is 33.1 Å². The van der Waals surface area contributed by atoms with Crippen molar-refractivity contribution in [1.82, 2.24) is 0 Å². The van der Waals surface area contributed by atoms with E-state index in [0.717, 1.165) is 5.92 Å². The maximum atomic E-state index is 10.6. The summed E-state index contributed by atoms with van der Waals surface area (Å²) in [4.78, 5) is 10.6. The molecule has 3 nitrogen and oxygen atoms in total. The van der Waals surface area contributed by atoms with E-state index >= 15 is 0 Å². The number of halogens is 1. The summed E-state index contributed by atoms with van der Waals surface area (Å²) in [5.41, 5.74) is 1.59. The molecular weight excluding hydrogens is 250 g/mol. The van der Waals surface area contributed by atoms with Crippen molar-refractivity contribution in [2.24, 2.45) is 5.92 Å². The third kappa shape index (κ3) is 11.9. The standard InChI is InChI=1S/C8H14.C6H14NO2.ClH/c1-7-4-3-5-8(2)6-7;1-7(2,3)5-6(8)9-4;/h6-7H,3-5H2,1-2H3;5H2,1-4H3;1H/q;+1;/p-1. The molecule has 1 aliphatic rings. The quantitative estimate of drug-likeness (QED) is 0.391. The summed E-state index contributed by atoms with van der Waals surface area (Å²) in [5, 5.41) is 0. The monoisotopic (exact) mass is 277 g/mol. The Morgan fingerprint density at radius 1 is 1.44 bits per heavy atom. The summed E-state index contributed by atoms with van der Waals surface area (Å²) in [7, 11) is 7.22. The average Bonchev–Trinajstić information content (AvgIpc) is 2.15. The lowest BCUT2D eigenvalue weighted by atomic mass is 9.93. The molecule has 1 rings (SSSR count). The van der Waals surface area contributed by atoms with E-state index in [-0.39, 0.29) is 18.4 Å². The predicted octanol–water partition coefficient (Wildman–Crippen LogP) is -0.378. The van der Waals surface area contributed by atoms with Crippen molar-refractivity contribution in [3.8, 4) is 0 Å². The van der Waals surface area contributed by atoms with Crippen molar-refractivity contribution < 1.29 is 26.4 Å². The molecule has 108 valence electrons. The fourth-order valence-electron chi connectivity index (χ4n) is 1.81. The third-order valence-electron chi connectivity index (χ3n) is 2.63. The van der Waals surface area contributed by atoms with Crippen LogP contribution in [0.5, 0.6) is 0 Å². The van der Waals surface area contributed by atoms with Gasteiger partial charge in [-0.05, 0) is 32.1 Å². The fraction of sp³-hybridized carbons (Fsp3) is 0.786. The van der Waals surface area contributed by atoms with Crippen LogP contribution < -0.4 is 12.4 Å². The molecule has 0 fully saturated rings. The number of likely N-dealkylation sites (N-methyl/N-ethyl adjacent to an activating group) is 1. The van der Waals surface area contributed by atoms with Gasteiger partial charge < -0.3 is 21.6 Å². The number of esters is 1. The summed E-state index contributed by atoms with van der Waals surface area (Å²) in [6.45, 7) is 4.95. The Kier molecular flexibility index (Phi) is 10.3. The van der Waals surface area contributed by atoms with E-state index < -0.39 is 0 Å². The maximum absolute atomic E-state index is 10.6. The van der Waals surface area contributed by atoms with E-state index in [2.05, 4.69) is 24.7 Å². The largest absolute Gasteiger partial charge is 1.00 e. The minimum absolute atomic E-state index is 0. The second kappa shape index (κ2) is 9.40. The lowest BCUT2D eigenvalue weighted by molar-refractivity contribution is -0.862. The van der Waals surface area contributed by atoms with Crippen LogP contribution in [0.1, 0.15) is 33.1 Å². The van der Waals surface area contributed by atoms with Gasteiger partial charge in [-0.3, -0.25) is 0 Å². The molecule has 0 N–H and O–H groups in total. The van der Waals surface area contributed by atoms with Gasteiger partial charge in [0.25, 0.3) is 0 Å². The van der Waals surface area contributed by atoms with Gasteiger partial charge in [-0.25, -0.2) is 4.79 Å². The lowest BCUT2D eigenvalue weighted by Gasteiger charge is -2.21. The molecule has 0 bridgehead atoms. The van der Waals surface area contributed by atoms with Gasteiger partial charge in [0.15, 0.2) is 6.54 Å². The smallest absolute Gasteiger partial charge is 0.361 e. The van der Waals surface area contributed by atoms with Crippen LogP contribution in [0.2, 0.25) is 0 Å². The van der Waals surface area contributed by atoms with E-state index in [1.165, 1.54) is 26.4 Å². The van der Waals surface area contributed by atoms with Gasteiger partial charge in [-0.1, -0.05) is 18.6 Å². The molecule has 18 heavy (non-hydrogen) atoms. The van der Waals surface area contributed by atoms with Gasteiger partial charge in [0.1, 0.15) is 0 Å². The minimum atomic E-state index is -0.164. The number of hydrogen-bond acceptors (Lipinski definition) is 2. The van der Waals surface area contributed by atoms with Crippen LogP contribution in [0.4, 0.5) is 0 Å². The van der Waals surface area contributed by atoms with Crippen molar-refractivity contribution in [3.63, 3.8) is 0 Å². The zero-order chi connectivity index (χ0) is 13.5. The molecule has 0 amide bonds. The Morgan fingerprint density at radius 2 is 2.00 bits per heavy atom. The highest BCUT2D eigenvalue weighted by atomic mass is 35.5. The van der Waals surface area contributed by atoms with E-state index in [0.29, 0.717) is 11.0 Å². The Bertz CT molecular complexity index is 269. The molecular formula is C14H28ClNO2. The van der Waals surface area contributed by atoms with Crippen molar-refractivity contribution >= 4 is 5.97 Å². The molecule has 1 aliphatic carbocycles. The molecule has 0 heterocycles. The van der Waals surface area contributed by atoms with Crippen LogP contribution in [0.25, 0.3) is 0 Å². The van der Waals surface area contributed by atoms with Crippen LogP contribution in [0.15, 0.2) is 11.6 Å². The normalized spacial score (nSPS) is 18.8. The second-order valence-corrected chi connectivity index (χ2v) is 5.91. The Balaban J connectivity index is 0.